The quantitative estimate of drug-likeness (QED) is 0.588. The van der Waals surface area contributed by atoms with Crippen LogP contribution in [0.2, 0.25) is 0 Å². The van der Waals surface area contributed by atoms with Crippen LogP contribution in [0.5, 0.6) is 0 Å². The molecule has 29 heavy (non-hydrogen) atoms. The van der Waals surface area contributed by atoms with Gasteiger partial charge < -0.3 is 4.57 Å². The molecule has 0 aliphatic heterocycles. The van der Waals surface area contributed by atoms with E-state index in [0.29, 0.717) is 11.3 Å². The monoisotopic (exact) mass is 384 g/mol. The van der Waals surface area contributed by atoms with Gasteiger partial charge in [-0.3, -0.25) is 0 Å². The van der Waals surface area contributed by atoms with Gasteiger partial charge in [0.2, 0.25) is 0 Å². The minimum absolute atomic E-state index is 0.257. The molecule has 0 N–H and O–H groups in total. The molecule has 1 aromatic heterocycles. The second-order valence-electron chi connectivity index (χ2n) is 10.4. The lowest BCUT2D eigenvalue weighted by molar-refractivity contribution is 0.278. The van der Waals surface area contributed by atoms with E-state index in [1.54, 1.807) is 0 Å². The van der Waals surface area contributed by atoms with Crippen molar-refractivity contribution in [2.45, 2.75) is 59.3 Å². The molecule has 0 amide bonds. The van der Waals surface area contributed by atoms with E-state index >= 15 is 0 Å². The summed E-state index contributed by atoms with van der Waals surface area (Å²) >= 11 is 0. The number of aromatic nitrogens is 1. The van der Waals surface area contributed by atoms with Gasteiger partial charge in [-0.05, 0) is 83.4 Å². The lowest BCUT2D eigenvalue weighted by Crippen LogP contribution is -2.27. The fraction of sp³-hybridized carbons (Fsp3) is 0.444. The number of benzene rings is 1. The van der Waals surface area contributed by atoms with Gasteiger partial charge in [0.25, 0.3) is 0 Å². The second-order valence-corrected chi connectivity index (χ2v) is 10.4. The van der Waals surface area contributed by atoms with Crippen LogP contribution in [0.1, 0.15) is 74.5 Å². The van der Waals surface area contributed by atoms with E-state index in [9.17, 15) is 5.26 Å². The van der Waals surface area contributed by atoms with Crippen LogP contribution in [0, 0.1) is 22.2 Å². The highest BCUT2D eigenvalue weighted by Crippen LogP contribution is 2.44. The van der Waals surface area contributed by atoms with Gasteiger partial charge in [-0.1, -0.05) is 52.0 Å². The van der Waals surface area contributed by atoms with Crippen molar-refractivity contribution in [1.29, 1.82) is 5.26 Å². The lowest BCUT2D eigenvalue weighted by atomic mass is 9.68. The molecule has 2 aliphatic rings. The van der Waals surface area contributed by atoms with Gasteiger partial charge in [-0.25, -0.2) is 0 Å². The normalized spacial score (nSPS) is 21.9. The van der Waals surface area contributed by atoms with Crippen LogP contribution >= 0.6 is 0 Å². The molecule has 4 rings (SSSR count). The third-order valence-corrected chi connectivity index (χ3v) is 6.72. The maximum Gasteiger partial charge on any atom is 0.0991 e. The predicted octanol–water partition coefficient (Wildman–Crippen LogP) is 6.56. The average Bonchev–Trinajstić information content (AvgIpc) is 3.01. The lowest BCUT2D eigenvalue weighted by Gasteiger charge is -2.37. The third kappa shape index (κ3) is 3.97. The summed E-state index contributed by atoms with van der Waals surface area (Å²) < 4.78 is 2.36. The molecule has 1 atom stereocenters. The van der Waals surface area contributed by atoms with E-state index in [-0.39, 0.29) is 5.41 Å². The Labute approximate surface area is 175 Å². The van der Waals surface area contributed by atoms with Crippen molar-refractivity contribution >= 4 is 5.57 Å². The molecular formula is C27H32N2. The summed E-state index contributed by atoms with van der Waals surface area (Å²) in [5, 5.41) is 9.38. The van der Waals surface area contributed by atoms with E-state index in [2.05, 4.69) is 87.9 Å². The molecule has 2 aromatic rings. The number of hydrogen-bond donors (Lipinski definition) is 0. The Morgan fingerprint density at radius 3 is 2.62 bits per heavy atom. The Hall–Kier alpha value is -2.53. The van der Waals surface area contributed by atoms with Crippen molar-refractivity contribution in [1.82, 2.24) is 4.57 Å². The largest absolute Gasteiger partial charge is 0.348 e. The van der Waals surface area contributed by atoms with Gasteiger partial charge in [0.15, 0.2) is 0 Å². The molecule has 1 aromatic carbocycles. The van der Waals surface area contributed by atoms with Gasteiger partial charge in [0, 0.05) is 18.4 Å². The summed E-state index contributed by atoms with van der Waals surface area (Å²) in [6.45, 7) is 9.31. The van der Waals surface area contributed by atoms with Crippen molar-refractivity contribution < 1.29 is 0 Å². The molecule has 0 spiro atoms. The zero-order valence-electron chi connectivity index (χ0n) is 18.4. The smallest absolute Gasteiger partial charge is 0.0991 e. The Balaban J connectivity index is 1.64. The fourth-order valence-electron chi connectivity index (χ4n) is 5.07. The minimum atomic E-state index is 0.257. The second kappa shape index (κ2) is 7.06. The van der Waals surface area contributed by atoms with Crippen LogP contribution in [-0.2, 0) is 19.9 Å². The van der Waals surface area contributed by atoms with Crippen molar-refractivity contribution in [3.63, 3.8) is 0 Å². The first-order chi connectivity index (χ1) is 13.7. The van der Waals surface area contributed by atoms with Gasteiger partial charge >= 0.3 is 0 Å². The van der Waals surface area contributed by atoms with E-state index in [1.165, 1.54) is 28.1 Å². The molecule has 0 radical (unpaired) electrons. The summed E-state index contributed by atoms with van der Waals surface area (Å²) in [5.74, 6) is 0.457. The summed E-state index contributed by atoms with van der Waals surface area (Å²) in [6, 6.07) is 13.2. The molecule has 0 bridgehead atoms. The maximum absolute atomic E-state index is 9.38. The van der Waals surface area contributed by atoms with Crippen molar-refractivity contribution in [3.05, 3.63) is 76.6 Å². The van der Waals surface area contributed by atoms with E-state index < -0.39 is 0 Å². The molecule has 150 valence electrons. The highest BCUT2D eigenvalue weighted by molar-refractivity contribution is 5.73. The van der Waals surface area contributed by atoms with E-state index in [1.807, 2.05) is 6.07 Å². The number of nitrogens with zero attached hydrogens (tertiary/aromatic N) is 2. The molecule has 2 heteroatoms. The Bertz CT molecular complexity index is 1040. The Morgan fingerprint density at radius 2 is 1.93 bits per heavy atom. The van der Waals surface area contributed by atoms with E-state index in [4.69, 9.17) is 0 Å². The molecule has 1 heterocycles. The molecular weight excluding hydrogens is 352 g/mol. The molecule has 0 saturated heterocycles. The Kier molecular flexibility index (Phi) is 4.82. The Morgan fingerprint density at radius 1 is 1.14 bits per heavy atom. The zero-order valence-corrected chi connectivity index (χ0v) is 18.4. The van der Waals surface area contributed by atoms with Gasteiger partial charge in [0.05, 0.1) is 11.6 Å². The number of rotatable bonds is 3. The standard InChI is InChI=1S/C27H32N2/c1-26(2)12-10-20(11-13-26)25-9-8-23(29(25)5)15-22-17-27(3,4)16-21-7-6-19(18-28)14-24(21)22/h6-12,14,22H,13,15-17H2,1-5H3. The topological polar surface area (TPSA) is 28.7 Å². The highest BCUT2D eigenvalue weighted by atomic mass is 15.0. The zero-order chi connectivity index (χ0) is 20.8. The average molecular weight is 385 g/mol. The van der Waals surface area contributed by atoms with Crippen LogP contribution in [0.25, 0.3) is 5.57 Å². The maximum atomic E-state index is 9.38. The van der Waals surface area contributed by atoms with Crippen LogP contribution < -0.4 is 0 Å². The first-order valence-corrected chi connectivity index (χ1v) is 10.7. The van der Waals surface area contributed by atoms with Crippen molar-refractivity contribution in [3.8, 4) is 6.07 Å². The highest BCUT2D eigenvalue weighted by Gasteiger charge is 2.33. The van der Waals surface area contributed by atoms with Gasteiger partial charge in [-0.2, -0.15) is 5.26 Å². The molecule has 2 nitrogen and oxygen atoms in total. The van der Waals surface area contributed by atoms with Crippen molar-refractivity contribution in [2.75, 3.05) is 0 Å². The SMILES string of the molecule is Cn1c(CC2CC(C)(C)Cc3ccc(C#N)cc32)ccc1C1=CCC(C)(C)C=C1. The number of fused-ring (bicyclic) bond motifs is 1. The summed E-state index contributed by atoms with van der Waals surface area (Å²) in [7, 11) is 2.19. The first kappa shape index (κ1) is 19.8. The van der Waals surface area contributed by atoms with Gasteiger partial charge in [-0.15, -0.1) is 0 Å². The number of allylic oxidation sites excluding steroid dienone is 4. The van der Waals surface area contributed by atoms with Crippen LogP contribution in [0.15, 0.2) is 48.6 Å². The molecule has 1 unspecified atom stereocenters. The van der Waals surface area contributed by atoms with Crippen LogP contribution in [0.3, 0.4) is 0 Å². The number of nitriles is 1. The summed E-state index contributed by atoms with van der Waals surface area (Å²) in [4.78, 5) is 0. The molecule has 0 saturated carbocycles. The van der Waals surface area contributed by atoms with Crippen LogP contribution in [-0.4, -0.2) is 4.57 Å². The molecule has 0 fully saturated rings. The van der Waals surface area contributed by atoms with Crippen molar-refractivity contribution in [2.24, 2.45) is 17.9 Å². The fourth-order valence-corrected chi connectivity index (χ4v) is 5.07. The molecule has 2 aliphatic carbocycles. The minimum Gasteiger partial charge on any atom is -0.348 e. The summed E-state index contributed by atoms with van der Waals surface area (Å²) in [6.07, 6.45) is 11.3. The predicted molar refractivity (Wildman–Crippen MR) is 121 cm³/mol. The summed E-state index contributed by atoms with van der Waals surface area (Å²) in [5.41, 5.74) is 8.12. The number of hydrogen-bond acceptors (Lipinski definition) is 1. The third-order valence-electron chi connectivity index (χ3n) is 6.72. The van der Waals surface area contributed by atoms with E-state index in [0.717, 1.165) is 31.2 Å². The van der Waals surface area contributed by atoms with Crippen LogP contribution in [0.4, 0.5) is 0 Å². The first-order valence-electron chi connectivity index (χ1n) is 10.7. The van der Waals surface area contributed by atoms with Gasteiger partial charge in [0.1, 0.15) is 0 Å².